The van der Waals surface area contributed by atoms with Crippen molar-refractivity contribution in [2.24, 2.45) is 0 Å². The number of aryl methyl sites for hydroxylation is 1. The summed E-state index contributed by atoms with van der Waals surface area (Å²) < 4.78 is 2.15. The summed E-state index contributed by atoms with van der Waals surface area (Å²) in [6, 6.07) is 8.11. The van der Waals surface area contributed by atoms with E-state index in [0.29, 0.717) is 0 Å². The van der Waals surface area contributed by atoms with Gasteiger partial charge in [-0.25, -0.2) is 9.97 Å². The van der Waals surface area contributed by atoms with Gasteiger partial charge in [-0.3, -0.25) is 0 Å². The summed E-state index contributed by atoms with van der Waals surface area (Å²) in [6.07, 6.45) is 0. The molecule has 1 atom stereocenters. The van der Waals surface area contributed by atoms with Gasteiger partial charge in [-0.05, 0) is 26.0 Å². The number of fused-ring (bicyclic) bond motifs is 1. The van der Waals surface area contributed by atoms with Crippen LogP contribution in [0.2, 0.25) is 0 Å². The fourth-order valence-electron chi connectivity index (χ4n) is 2.21. The average Bonchev–Trinajstić information content (AvgIpc) is 2.95. The third-order valence-corrected chi connectivity index (χ3v) is 4.04. The zero-order chi connectivity index (χ0) is 13.4. The first-order valence-electron chi connectivity index (χ1n) is 6.15. The van der Waals surface area contributed by atoms with Gasteiger partial charge in [0.2, 0.25) is 0 Å². The molecule has 1 aromatic carbocycles. The predicted molar refractivity (Wildman–Crippen MR) is 80.0 cm³/mol. The van der Waals surface area contributed by atoms with Crippen molar-refractivity contribution in [2.75, 3.05) is 0 Å². The number of imidazole rings is 1. The van der Waals surface area contributed by atoms with Gasteiger partial charge < -0.3 is 4.57 Å². The van der Waals surface area contributed by atoms with Gasteiger partial charge in [-0.2, -0.15) is 0 Å². The summed E-state index contributed by atoms with van der Waals surface area (Å²) in [5, 5.41) is 3.05. The predicted octanol–water partition coefficient (Wildman–Crippen LogP) is 4.15. The lowest BCUT2D eigenvalue weighted by atomic mass is 10.3. The van der Waals surface area contributed by atoms with Crippen molar-refractivity contribution in [3.8, 4) is 0 Å². The Hall–Kier alpha value is -1.39. The van der Waals surface area contributed by atoms with Crippen LogP contribution in [0.5, 0.6) is 0 Å². The van der Waals surface area contributed by atoms with Crippen molar-refractivity contribution in [3.05, 3.63) is 46.2 Å². The molecule has 3 aromatic rings. The zero-order valence-electron chi connectivity index (χ0n) is 10.8. The first-order valence-corrected chi connectivity index (χ1v) is 7.47. The number of para-hydroxylation sites is 2. The molecule has 3 nitrogen and oxygen atoms in total. The molecule has 0 saturated heterocycles. The van der Waals surface area contributed by atoms with Crippen LogP contribution in [-0.2, 0) is 6.54 Å². The van der Waals surface area contributed by atoms with Crippen LogP contribution >= 0.6 is 22.9 Å². The Balaban J connectivity index is 2.12. The number of aromatic nitrogens is 3. The third-order valence-electron chi connectivity index (χ3n) is 3.03. The van der Waals surface area contributed by atoms with Crippen LogP contribution in [0.25, 0.3) is 11.0 Å². The Morgan fingerprint density at radius 2 is 2.11 bits per heavy atom. The van der Waals surface area contributed by atoms with E-state index in [1.165, 1.54) is 0 Å². The first-order chi connectivity index (χ1) is 9.15. The van der Waals surface area contributed by atoms with Crippen molar-refractivity contribution in [3.63, 3.8) is 0 Å². The highest BCUT2D eigenvalue weighted by Crippen LogP contribution is 2.25. The number of hydrogen-bond donors (Lipinski definition) is 0. The molecule has 0 spiro atoms. The van der Waals surface area contributed by atoms with Crippen LogP contribution in [-0.4, -0.2) is 14.5 Å². The minimum absolute atomic E-state index is 0.118. The van der Waals surface area contributed by atoms with E-state index in [1.807, 2.05) is 32.0 Å². The minimum atomic E-state index is -0.118. The van der Waals surface area contributed by atoms with Gasteiger partial charge in [-0.1, -0.05) is 12.1 Å². The molecule has 19 heavy (non-hydrogen) atoms. The third kappa shape index (κ3) is 2.38. The highest BCUT2D eigenvalue weighted by atomic mass is 35.5. The molecule has 98 valence electrons. The average molecular weight is 292 g/mol. The number of benzene rings is 1. The van der Waals surface area contributed by atoms with Gasteiger partial charge in [-0.15, -0.1) is 22.9 Å². The Labute approximate surface area is 120 Å². The van der Waals surface area contributed by atoms with E-state index >= 15 is 0 Å². The lowest BCUT2D eigenvalue weighted by molar-refractivity contribution is 0.729. The maximum absolute atomic E-state index is 6.25. The smallest absolute Gasteiger partial charge is 0.128 e. The van der Waals surface area contributed by atoms with Crippen LogP contribution < -0.4 is 0 Å². The van der Waals surface area contributed by atoms with Crippen LogP contribution in [0.15, 0.2) is 29.6 Å². The number of rotatable bonds is 3. The molecular formula is C14H14ClN3S. The van der Waals surface area contributed by atoms with Crippen LogP contribution in [0, 0.1) is 6.92 Å². The van der Waals surface area contributed by atoms with E-state index in [4.69, 9.17) is 11.6 Å². The van der Waals surface area contributed by atoms with E-state index in [-0.39, 0.29) is 5.38 Å². The normalized spacial score (nSPS) is 13.0. The monoisotopic (exact) mass is 291 g/mol. The lowest BCUT2D eigenvalue weighted by Gasteiger charge is -2.08. The van der Waals surface area contributed by atoms with Crippen LogP contribution in [0.3, 0.4) is 0 Å². The molecule has 0 radical (unpaired) electrons. The Bertz CT molecular complexity index is 714. The molecule has 0 bridgehead atoms. The largest absolute Gasteiger partial charge is 0.321 e. The highest BCUT2D eigenvalue weighted by Gasteiger charge is 2.15. The minimum Gasteiger partial charge on any atom is -0.321 e. The quantitative estimate of drug-likeness (QED) is 0.679. The summed E-state index contributed by atoms with van der Waals surface area (Å²) in [5.41, 5.74) is 3.15. The van der Waals surface area contributed by atoms with E-state index in [2.05, 4.69) is 26.0 Å². The van der Waals surface area contributed by atoms with Crippen molar-refractivity contribution < 1.29 is 0 Å². The zero-order valence-corrected chi connectivity index (χ0v) is 12.4. The summed E-state index contributed by atoms with van der Waals surface area (Å²) in [6.45, 7) is 4.69. The molecular weight excluding hydrogens is 278 g/mol. The topological polar surface area (TPSA) is 30.7 Å². The maximum Gasteiger partial charge on any atom is 0.128 e. The second-order valence-corrected chi connectivity index (χ2v) is 6.24. The highest BCUT2D eigenvalue weighted by molar-refractivity contribution is 7.09. The standard InChI is InChI=1S/C14H14ClN3S/c1-9(15)14-17-12-5-3-4-6-13(12)18(14)7-11-8-19-10(2)16-11/h3-6,8-9H,7H2,1-2H3. The molecule has 3 rings (SSSR count). The Kier molecular flexibility index (Phi) is 3.29. The Morgan fingerprint density at radius 1 is 1.32 bits per heavy atom. The fraction of sp³-hybridized carbons (Fsp3) is 0.286. The van der Waals surface area contributed by atoms with E-state index in [0.717, 1.165) is 34.1 Å². The fourth-order valence-corrected chi connectivity index (χ4v) is 2.98. The molecule has 1 unspecified atom stereocenters. The first kappa shape index (κ1) is 12.6. The van der Waals surface area contributed by atoms with E-state index < -0.39 is 0 Å². The van der Waals surface area contributed by atoms with E-state index in [9.17, 15) is 0 Å². The number of alkyl halides is 1. The van der Waals surface area contributed by atoms with E-state index in [1.54, 1.807) is 11.3 Å². The molecule has 2 heterocycles. The summed E-state index contributed by atoms with van der Waals surface area (Å²) in [7, 11) is 0. The van der Waals surface area contributed by atoms with Crippen LogP contribution in [0.4, 0.5) is 0 Å². The molecule has 0 aliphatic carbocycles. The van der Waals surface area contributed by atoms with Gasteiger partial charge in [0.1, 0.15) is 5.82 Å². The second-order valence-electron chi connectivity index (χ2n) is 4.52. The molecule has 0 N–H and O–H groups in total. The van der Waals surface area contributed by atoms with Crippen molar-refractivity contribution in [2.45, 2.75) is 25.8 Å². The Morgan fingerprint density at radius 3 is 2.79 bits per heavy atom. The summed E-state index contributed by atoms with van der Waals surface area (Å²) in [4.78, 5) is 9.14. The second kappa shape index (κ2) is 4.94. The summed E-state index contributed by atoms with van der Waals surface area (Å²) >= 11 is 7.92. The molecule has 0 saturated carbocycles. The molecule has 0 amide bonds. The van der Waals surface area contributed by atoms with Crippen molar-refractivity contribution in [1.29, 1.82) is 0 Å². The van der Waals surface area contributed by atoms with Gasteiger partial charge in [0, 0.05) is 5.38 Å². The number of nitrogens with zero attached hydrogens (tertiary/aromatic N) is 3. The molecule has 2 aromatic heterocycles. The molecule has 0 aliphatic rings. The molecule has 0 aliphatic heterocycles. The van der Waals surface area contributed by atoms with Gasteiger partial charge in [0.05, 0.1) is 33.7 Å². The van der Waals surface area contributed by atoms with Crippen molar-refractivity contribution >= 4 is 34.0 Å². The van der Waals surface area contributed by atoms with Gasteiger partial charge in [0.25, 0.3) is 0 Å². The number of halogens is 1. The maximum atomic E-state index is 6.25. The number of thiazole rings is 1. The van der Waals surface area contributed by atoms with Crippen molar-refractivity contribution in [1.82, 2.24) is 14.5 Å². The molecule has 0 fully saturated rings. The molecule has 5 heteroatoms. The summed E-state index contributed by atoms with van der Waals surface area (Å²) in [5.74, 6) is 0.897. The SMILES string of the molecule is Cc1nc(Cn2c(C(C)Cl)nc3ccccc32)cs1. The van der Waals surface area contributed by atoms with Gasteiger partial charge >= 0.3 is 0 Å². The van der Waals surface area contributed by atoms with Crippen LogP contribution in [0.1, 0.15) is 28.8 Å². The number of hydrogen-bond acceptors (Lipinski definition) is 3. The lowest BCUT2D eigenvalue weighted by Crippen LogP contribution is -2.06. The van der Waals surface area contributed by atoms with Gasteiger partial charge in [0.15, 0.2) is 0 Å².